The normalized spacial score (nSPS) is 16.8. The van der Waals surface area contributed by atoms with Crippen LogP contribution in [0.25, 0.3) is 0 Å². The molecular formula is C18H27FN2O. The molecule has 1 heterocycles. The smallest absolute Gasteiger partial charge is 0.166 e. The van der Waals surface area contributed by atoms with Crippen molar-refractivity contribution in [1.82, 2.24) is 4.90 Å². The number of carbonyl (C=O) groups excluding carboxylic acids is 1. The molecule has 0 unspecified atom stereocenters. The van der Waals surface area contributed by atoms with Crippen LogP contribution < -0.4 is 5.73 Å². The molecule has 1 aliphatic rings. The number of nitrogens with zero attached hydrogens (tertiary/aromatic N) is 1. The Morgan fingerprint density at radius 2 is 1.73 bits per heavy atom. The zero-order chi connectivity index (χ0) is 15.8. The number of benzene rings is 1. The summed E-state index contributed by atoms with van der Waals surface area (Å²) in [6.07, 6.45) is 6.63. The minimum atomic E-state index is -0.291. The van der Waals surface area contributed by atoms with E-state index in [-0.39, 0.29) is 17.5 Å². The van der Waals surface area contributed by atoms with Crippen molar-refractivity contribution in [2.24, 2.45) is 11.7 Å². The maximum atomic E-state index is 12.9. The second kappa shape index (κ2) is 9.01. The molecular weight excluding hydrogens is 279 g/mol. The molecule has 1 saturated heterocycles. The quantitative estimate of drug-likeness (QED) is 0.592. The van der Waals surface area contributed by atoms with E-state index in [4.69, 9.17) is 5.73 Å². The van der Waals surface area contributed by atoms with Gasteiger partial charge < -0.3 is 10.6 Å². The maximum Gasteiger partial charge on any atom is 0.166 e. The van der Waals surface area contributed by atoms with Crippen molar-refractivity contribution in [1.29, 1.82) is 0 Å². The largest absolute Gasteiger partial charge is 0.330 e. The summed E-state index contributed by atoms with van der Waals surface area (Å²) in [4.78, 5) is 14.9. The second-order valence-electron chi connectivity index (χ2n) is 6.19. The highest BCUT2D eigenvalue weighted by Crippen LogP contribution is 2.22. The molecule has 0 amide bonds. The first-order valence-electron chi connectivity index (χ1n) is 8.43. The Labute approximate surface area is 132 Å². The lowest BCUT2D eigenvalue weighted by Gasteiger charge is -2.31. The van der Waals surface area contributed by atoms with E-state index in [1.807, 2.05) is 0 Å². The third kappa shape index (κ3) is 5.18. The van der Waals surface area contributed by atoms with E-state index in [2.05, 4.69) is 4.90 Å². The first-order valence-corrected chi connectivity index (χ1v) is 8.43. The summed E-state index contributed by atoms with van der Waals surface area (Å²) < 4.78 is 12.9. The third-order valence-electron chi connectivity index (χ3n) is 4.52. The van der Waals surface area contributed by atoms with Crippen LogP contribution in [0.4, 0.5) is 4.39 Å². The number of rotatable bonds is 8. The van der Waals surface area contributed by atoms with Gasteiger partial charge in [-0.2, -0.15) is 0 Å². The zero-order valence-electron chi connectivity index (χ0n) is 13.3. The molecule has 0 aliphatic carbocycles. The number of piperidine rings is 1. The van der Waals surface area contributed by atoms with Gasteiger partial charge in [0, 0.05) is 11.5 Å². The highest BCUT2D eigenvalue weighted by Gasteiger charge is 2.25. The first-order chi connectivity index (χ1) is 10.7. The topological polar surface area (TPSA) is 46.3 Å². The molecule has 3 nitrogen and oxygen atoms in total. The second-order valence-corrected chi connectivity index (χ2v) is 6.19. The van der Waals surface area contributed by atoms with E-state index < -0.39 is 0 Å². The number of ketones is 1. The number of unbranched alkanes of at least 4 members (excludes halogenated alkanes) is 3. The summed E-state index contributed by atoms with van der Waals surface area (Å²) in [5.74, 6) is -0.0254. The van der Waals surface area contributed by atoms with E-state index in [9.17, 15) is 9.18 Å². The molecule has 2 N–H and O–H groups in total. The van der Waals surface area contributed by atoms with E-state index >= 15 is 0 Å². The van der Waals surface area contributed by atoms with Gasteiger partial charge in [-0.05, 0) is 76.1 Å². The Kier molecular flexibility index (Phi) is 7.00. The molecule has 2 rings (SSSR count). The summed E-state index contributed by atoms with van der Waals surface area (Å²) in [6.45, 7) is 3.90. The van der Waals surface area contributed by atoms with Gasteiger partial charge in [-0.15, -0.1) is 0 Å². The average molecular weight is 306 g/mol. The van der Waals surface area contributed by atoms with Gasteiger partial charge in [-0.25, -0.2) is 4.39 Å². The number of nitrogens with two attached hydrogens (primary N) is 1. The zero-order valence-corrected chi connectivity index (χ0v) is 13.3. The summed E-state index contributed by atoms with van der Waals surface area (Å²) in [7, 11) is 0. The highest BCUT2D eigenvalue weighted by atomic mass is 19.1. The van der Waals surface area contributed by atoms with Crippen LogP contribution in [0.3, 0.4) is 0 Å². The molecule has 1 fully saturated rings. The number of likely N-dealkylation sites (tertiary alicyclic amines) is 1. The Morgan fingerprint density at radius 3 is 2.36 bits per heavy atom. The van der Waals surface area contributed by atoms with Gasteiger partial charge in [0.1, 0.15) is 5.82 Å². The summed E-state index contributed by atoms with van der Waals surface area (Å²) in [6, 6.07) is 5.93. The lowest BCUT2D eigenvalue weighted by molar-refractivity contribution is 0.0839. The fraction of sp³-hybridized carbons (Fsp3) is 0.611. The molecule has 0 radical (unpaired) electrons. The van der Waals surface area contributed by atoms with Crippen LogP contribution in [0, 0.1) is 11.7 Å². The fourth-order valence-electron chi connectivity index (χ4n) is 3.10. The van der Waals surface area contributed by atoms with Crippen LogP contribution >= 0.6 is 0 Å². The standard InChI is InChI=1S/C18H27FN2O/c19-17-7-5-15(6-8-17)18(22)16-9-13-21(14-10-16)12-4-2-1-3-11-20/h5-8,16H,1-4,9-14,20H2. The Hall–Kier alpha value is -1.26. The molecule has 0 atom stereocenters. The van der Waals surface area contributed by atoms with Crippen LogP contribution in [-0.4, -0.2) is 36.9 Å². The van der Waals surface area contributed by atoms with Gasteiger partial charge in [0.2, 0.25) is 0 Å². The molecule has 0 aromatic heterocycles. The fourth-order valence-corrected chi connectivity index (χ4v) is 3.10. The molecule has 1 aromatic carbocycles. The molecule has 122 valence electrons. The van der Waals surface area contributed by atoms with Crippen LogP contribution in [0.5, 0.6) is 0 Å². The maximum absolute atomic E-state index is 12.9. The number of Topliss-reactive ketones (excluding diaryl/α,β-unsaturated/α-hetero) is 1. The van der Waals surface area contributed by atoms with Crippen LogP contribution in [-0.2, 0) is 0 Å². The van der Waals surface area contributed by atoms with Crippen molar-refractivity contribution in [3.63, 3.8) is 0 Å². The van der Waals surface area contributed by atoms with Crippen LogP contribution in [0.15, 0.2) is 24.3 Å². The van der Waals surface area contributed by atoms with E-state index in [1.54, 1.807) is 12.1 Å². The highest BCUT2D eigenvalue weighted by molar-refractivity contribution is 5.97. The Bertz CT molecular complexity index is 453. The monoisotopic (exact) mass is 306 g/mol. The number of hydrogen-bond donors (Lipinski definition) is 1. The molecule has 0 spiro atoms. The molecule has 1 aliphatic heterocycles. The van der Waals surface area contributed by atoms with Gasteiger partial charge in [0.25, 0.3) is 0 Å². The van der Waals surface area contributed by atoms with Gasteiger partial charge in [-0.3, -0.25) is 4.79 Å². The molecule has 4 heteroatoms. The molecule has 22 heavy (non-hydrogen) atoms. The van der Waals surface area contributed by atoms with Crippen molar-refractivity contribution in [3.05, 3.63) is 35.6 Å². The van der Waals surface area contributed by atoms with Crippen molar-refractivity contribution in [3.8, 4) is 0 Å². The van der Waals surface area contributed by atoms with Crippen molar-refractivity contribution >= 4 is 5.78 Å². The predicted molar refractivity (Wildman–Crippen MR) is 87.4 cm³/mol. The first kappa shape index (κ1) is 17.1. The molecule has 0 saturated carbocycles. The Balaban J connectivity index is 1.70. The minimum absolute atomic E-state index is 0.0963. The molecule has 1 aromatic rings. The number of carbonyl (C=O) groups is 1. The van der Waals surface area contributed by atoms with Gasteiger partial charge in [0.15, 0.2) is 5.78 Å². The van der Waals surface area contributed by atoms with Crippen molar-refractivity contribution in [2.75, 3.05) is 26.2 Å². The minimum Gasteiger partial charge on any atom is -0.330 e. The van der Waals surface area contributed by atoms with Gasteiger partial charge in [-0.1, -0.05) is 12.8 Å². The van der Waals surface area contributed by atoms with E-state index in [1.165, 1.54) is 31.4 Å². The summed E-state index contributed by atoms with van der Waals surface area (Å²) in [5, 5.41) is 0. The van der Waals surface area contributed by atoms with E-state index in [0.29, 0.717) is 5.56 Å². The molecule has 0 bridgehead atoms. The number of halogens is 1. The average Bonchev–Trinajstić information content (AvgIpc) is 2.55. The SMILES string of the molecule is NCCCCCCN1CCC(C(=O)c2ccc(F)cc2)CC1. The lowest BCUT2D eigenvalue weighted by atomic mass is 9.89. The van der Waals surface area contributed by atoms with Crippen LogP contribution in [0.1, 0.15) is 48.9 Å². The predicted octanol–water partition coefficient (Wildman–Crippen LogP) is 3.24. The Morgan fingerprint density at radius 1 is 1.09 bits per heavy atom. The van der Waals surface area contributed by atoms with Gasteiger partial charge >= 0.3 is 0 Å². The van der Waals surface area contributed by atoms with Gasteiger partial charge in [0.05, 0.1) is 0 Å². The van der Waals surface area contributed by atoms with Crippen LogP contribution in [0.2, 0.25) is 0 Å². The summed E-state index contributed by atoms with van der Waals surface area (Å²) in [5.41, 5.74) is 6.13. The van der Waals surface area contributed by atoms with Crippen molar-refractivity contribution in [2.45, 2.75) is 38.5 Å². The van der Waals surface area contributed by atoms with E-state index in [0.717, 1.165) is 45.4 Å². The van der Waals surface area contributed by atoms with Crippen molar-refractivity contribution < 1.29 is 9.18 Å². The number of hydrogen-bond acceptors (Lipinski definition) is 3. The summed E-state index contributed by atoms with van der Waals surface area (Å²) >= 11 is 0. The lowest BCUT2D eigenvalue weighted by Crippen LogP contribution is -2.36. The third-order valence-corrected chi connectivity index (χ3v) is 4.52.